The molecule has 0 fully saturated rings. The lowest BCUT2D eigenvalue weighted by atomic mass is 10.0. The highest BCUT2D eigenvalue weighted by molar-refractivity contribution is 7.18. The lowest BCUT2D eigenvalue weighted by Crippen LogP contribution is -2.11. The zero-order valence-electron chi connectivity index (χ0n) is 15.0. The second-order valence-corrected chi connectivity index (χ2v) is 8.19. The highest BCUT2D eigenvalue weighted by atomic mass is 35.5. The summed E-state index contributed by atoms with van der Waals surface area (Å²) >= 11 is 7.20. The minimum atomic E-state index is -0.0744. The zero-order valence-corrected chi connectivity index (χ0v) is 16.6. The first kappa shape index (κ1) is 18.7. The maximum Gasteiger partial charge on any atom is 0.172 e. The van der Waals surface area contributed by atoms with Crippen LogP contribution in [0, 0.1) is 0 Å². The number of benzene rings is 2. The molecule has 0 N–H and O–H groups in total. The van der Waals surface area contributed by atoms with Crippen molar-refractivity contribution >= 4 is 34.4 Å². The number of thiophene rings is 1. The van der Waals surface area contributed by atoms with Crippen LogP contribution >= 0.6 is 22.9 Å². The van der Waals surface area contributed by atoms with E-state index in [-0.39, 0.29) is 11.9 Å². The Kier molecular flexibility index (Phi) is 5.74. The summed E-state index contributed by atoms with van der Waals surface area (Å²) in [4.78, 5) is 18.4. The van der Waals surface area contributed by atoms with Crippen molar-refractivity contribution in [2.75, 3.05) is 0 Å². The van der Waals surface area contributed by atoms with Crippen LogP contribution < -0.4 is 4.74 Å². The summed E-state index contributed by atoms with van der Waals surface area (Å²) in [6, 6.07) is 21.0. The van der Waals surface area contributed by atoms with E-state index >= 15 is 0 Å². The van der Waals surface area contributed by atoms with E-state index in [1.165, 1.54) is 11.3 Å². The molecule has 0 bridgehead atoms. The summed E-state index contributed by atoms with van der Waals surface area (Å²) < 4.78 is 6.44. The first-order valence-corrected chi connectivity index (χ1v) is 10.2. The van der Waals surface area contributed by atoms with Gasteiger partial charge in [0.15, 0.2) is 5.78 Å². The molecular formula is C22H18ClNO3S. The monoisotopic (exact) mass is 411 g/mol. The Labute approximate surface area is 172 Å². The minimum absolute atomic E-state index is 0.0744. The van der Waals surface area contributed by atoms with Gasteiger partial charge in [-0.25, -0.2) is 0 Å². The van der Waals surface area contributed by atoms with Crippen molar-refractivity contribution in [1.29, 1.82) is 0 Å². The number of ketones is 1. The molecule has 142 valence electrons. The van der Waals surface area contributed by atoms with Crippen LogP contribution in [0.3, 0.4) is 0 Å². The molecule has 0 aliphatic carbocycles. The lowest BCUT2D eigenvalue weighted by Gasteiger charge is -2.07. The van der Waals surface area contributed by atoms with E-state index in [9.17, 15) is 4.79 Å². The fraction of sp³-hybridized carbons (Fsp3) is 0.182. The van der Waals surface area contributed by atoms with Crippen molar-refractivity contribution < 1.29 is 14.4 Å². The van der Waals surface area contributed by atoms with Gasteiger partial charge in [-0.3, -0.25) is 4.79 Å². The summed E-state index contributed by atoms with van der Waals surface area (Å²) in [5, 5.41) is 4.20. The van der Waals surface area contributed by atoms with Crippen LogP contribution in [0.2, 0.25) is 4.34 Å². The minimum Gasteiger partial charge on any atom is -0.457 e. The molecule has 0 amide bonds. The molecule has 1 atom stereocenters. The van der Waals surface area contributed by atoms with Gasteiger partial charge in [-0.2, -0.15) is 0 Å². The van der Waals surface area contributed by atoms with Crippen LogP contribution in [-0.4, -0.2) is 17.6 Å². The van der Waals surface area contributed by atoms with Gasteiger partial charge in [0, 0.05) is 12.8 Å². The molecule has 0 saturated carbocycles. The second-order valence-electron chi connectivity index (χ2n) is 6.47. The van der Waals surface area contributed by atoms with Gasteiger partial charge in [-0.1, -0.05) is 35.0 Å². The molecule has 1 aliphatic rings. The van der Waals surface area contributed by atoms with E-state index in [2.05, 4.69) is 5.16 Å². The molecule has 6 heteroatoms. The van der Waals surface area contributed by atoms with Crippen LogP contribution in [0.1, 0.15) is 34.5 Å². The third-order valence-corrected chi connectivity index (χ3v) is 5.71. The highest BCUT2D eigenvalue weighted by Crippen LogP contribution is 2.26. The number of nitrogens with zero attached hydrogens (tertiary/aromatic N) is 1. The van der Waals surface area contributed by atoms with Crippen molar-refractivity contribution in [2.24, 2.45) is 5.16 Å². The molecular weight excluding hydrogens is 394 g/mol. The molecule has 2 aromatic carbocycles. The summed E-state index contributed by atoms with van der Waals surface area (Å²) in [7, 11) is 0. The predicted molar refractivity (Wildman–Crippen MR) is 112 cm³/mol. The van der Waals surface area contributed by atoms with Gasteiger partial charge < -0.3 is 9.57 Å². The third-order valence-electron chi connectivity index (χ3n) is 4.44. The van der Waals surface area contributed by atoms with Gasteiger partial charge in [0.1, 0.15) is 17.6 Å². The molecule has 0 spiro atoms. The van der Waals surface area contributed by atoms with Crippen LogP contribution in [0.5, 0.6) is 11.5 Å². The number of rotatable bonds is 7. The number of carbonyl (C=O) groups excluding carboxylic acids is 1. The van der Waals surface area contributed by atoms with E-state index in [0.29, 0.717) is 28.5 Å². The Balaban J connectivity index is 1.29. The molecule has 1 aliphatic heterocycles. The fourth-order valence-corrected chi connectivity index (χ4v) is 3.98. The number of para-hydroxylation sites is 1. The number of carbonyl (C=O) groups is 1. The molecule has 28 heavy (non-hydrogen) atoms. The quantitative estimate of drug-likeness (QED) is 0.425. The summed E-state index contributed by atoms with van der Waals surface area (Å²) in [6.45, 7) is 0. The normalized spacial score (nSPS) is 15.8. The fourth-order valence-electron chi connectivity index (χ4n) is 2.97. The van der Waals surface area contributed by atoms with Crippen molar-refractivity contribution in [1.82, 2.24) is 0 Å². The average Bonchev–Trinajstić information content (AvgIpc) is 3.37. The number of hydrogen-bond acceptors (Lipinski definition) is 5. The Morgan fingerprint density at radius 1 is 1.07 bits per heavy atom. The van der Waals surface area contributed by atoms with Gasteiger partial charge in [-0.15, -0.1) is 11.3 Å². The SMILES string of the molecule is O=C(CCC1CC(c2ccc(Oc3ccccc3)cc2)=NO1)c1ccc(Cl)s1. The number of halogens is 1. The zero-order chi connectivity index (χ0) is 19.3. The van der Waals surface area contributed by atoms with Crippen LogP contribution in [0.4, 0.5) is 0 Å². The van der Waals surface area contributed by atoms with Gasteiger partial charge in [0.05, 0.1) is 14.9 Å². The number of ether oxygens (including phenoxy) is 1. The Morgan fingerprint density at radius 3 is 2.54 bits per heavy atom. The van der Waals surface area contributed by atoms with Crippen LogP contribution in [-0.2, 0) is 4.84 Å². The van der Waals surface area contributed by atoms with Gasteiger partial charge in [-0.05, 0) is 60.5 Å². The van der Waals surface area contributed by atoms with E-state index in [1.807, 2.05) is 54.6 Å². The summed E-state index contributed by atoms with van der Waals surface area (Å²) in [5.74, 6) is 1.66. The molecule has 0 saturated heterocycles. The Hall–Kier alpha value is -2.63. The maximum absolute atomic E-state index is 12.2. The Bertz CT molecular complexity index is 983. The van der Waals surface area contributed by atoms with E-state index in [1.54, 1.807) is 12.1 Å². The van der Waals surface area contributed by atoms with Crippen molar-refractivity contribution in [3.63, 3.8) is 0 Å². The molecule has 4 nitrogen and oxygen atoms in total. The number of oxime groups is 1. The number of Topliss-reactive ketones (excluding diaryl/α,β-unsaturated/α-hetero) is 1. The van der Waals surface area contributed by atoms with Gasteiger partial charge >= 0.3 is 0 Å². The molecule has 2 heterocycles. The lowest BCUT2D eigenvalue weighted by molar-refractivity contribution is 0.0720. The Morgan fingerprint density at radius 2 is 1.82 bits per heavy atom. The van der Waals surface area contributed by atoms with Gasteiger partial charge in [0.2, 0.25) is 0 Å². The summed E-state index contributed by atoms with van der Waals surface area (Å²) in [6.07, 6.45) is 1.68. The van der Waals surface area contributed by atoms with E-state index < -0.39 is 0 Å². The van der Waals surface area contributed by atoms with Crippen LogP contribution in [0.15, 0.2) is 71.9 Å². The topological polar surface area (TPSA) is 47.9 Å². The molecule has 4 rings (SSSR count). The highest BCUT2D eigenvalue weighted by Gasteiger charge is 2.23. The van der Waals surface area contributed by atoms with E-state index in [0.717, 1.165) is 22.8 Å². The average molecular weight is 412 g/mol. The second kappa shape index (κ2) is 8.59. The van der Waals surface area contributed by atoms with Gasteiger partial charge in [0.25, 0.3) is 0 Å². The third kappa shape index (κ3) is 4.61. The van der Waals surface area contributed by atoms with Crippen LogP contribution in [0.25, 0.3) is 0 Å². The maximum atomic E-state index is 12.2. The first-order valence-electron chi connectivity index (χ1n) is 9.02. The van der Waals surface area contributed by atoms with Crippen molar-refractivity contribution in [3.05, 3.63) is 81.5 Å². The molecule has 0 radical (unpaired) electrons. The van der Waals surface area contributed by atoms with Crippen molar-refractivity contribution in [3.8, 4) is 11.5 Å². The molecule has 1 unspecified atom stereocenters. The van der Waals surface area contributed by atoms with E-state index in [4.69, 9.17) is 21.2 Å². The number of hydrogen-bond donors (Lipinski definition) is 0. The summed E-state index contributed by atoms with van der Waals surface area (Å²) in [5.41, 5.74) is 1.89. The standard InChI is InChI=1S/C22H18ClNO3S/c23-22-13-12-21(28-22)20(25)11-10-18-14-19(24-27-18)15-6-8-17(9-7-15)26-16-4-2-1-3-5-16/h1-9,12-13,18H,10-11,14H2. The first-order chi connectivity index (χ1) is 13.7. The predicted octanol–water partition coefficient (Wildman–Crippen LogP) is 6.35. The largest absolute Gasteiger partial charge is 0.457 e. The molecule has 3 aromatic rings. The van der Waals surface area contributed by atoms with Crippen molar-refractivity contribution in [2.45, 2.75) is 25.4 Å². The smallest absolute Gasteiger partial charge is 0.172 e. The molecule has 1 aromatic heterocycles.